The quantitative estimate of drug-likeness (QED) is 0.855. The minimum atomic E-state index is -0.668. The van der Waals surface area contributed by atoms with Crippen LogP contribution in [0.3, 0.4) is 0 Å². The Bertz CT molecular complexity index is 797. The van der Waals surface area contributed by atoms with Gasteiger partial charge in [0, 0.05) is 44.0 Å². The summed E-state index contributed by atoms with van der Waals surface area (Å²) in [7, 11) is 0. The number of primary amides is 1. The summed E-state index contributed by atoms with van der Waals surface area (Å²) in [5.41, 5.74) is 6.86. The second-order valence-corrected chi connectivity index (χ2v) is 6.95. The van der Waals surface area contributed by atoms with Crippen LogP contribution in [0.2, 0.25) is 0 Å². The molecule has 0 saturated carbocycles. The third-order valence-electron chi connectivity index (χ3n) is 4.29. The third-order valence-corrected chi connectivity index (χ3v) is 5.12. The van der Waals surface area contributed by atoms with Crippen molar-refractivity contribution in [3.05, 3.63) is 34.2 Å². The van der Waals surface area contributed by atoms with Gasteiger partial charge in [-0.2, -0.15) is 0 Å². The van der Waals surface area contributed by atoms with Crippen LogP contribution in [-0.2, 0) is 11.3 Å². The van der Waals surface area contributed by atoms with Gasteiger partial charge in [-0.25, -0.2) is 4.98 Å². The zero-order valence-electron chi connectivity index (χ0n) is 13.9. The fourth-order valence-electron chi connectivity index (χ4n) is 2.82. The molecular formula is C17H20N4O3S. The van der Waals surface area contributed by atoms with Crippen molar-refractivity contribution in [1.29, 1.82) is 0 Å². The summed E-state index contributed by atoms with van der Waals surface area (Å²) in [6.45, 7) is 5.48. The van der Waals surface area contributed by atoms with Gasteiger partial charge in [-0.15, -0.1) is 11.3 Å². The van der Waals surface area contributed by atoms with Crippen LogP contribution >= 0.6 is 11.3 Å². The van der Waals surface area contributed by atoms with Crippen LogP contribution in [0.25, 0.3) is 11.3 Å². The molecule has 1 saturated heterocycles. The number of piperazine rings is 1. The van der Waals surface area contributed by atoms with Crippen molar-refractivity contribution in [1.82, 2.24) is 14.8 Å². The lowest BCUT2D eigenvalue weighted by molar-refractivity contribution is -0.130. The average molecular weight is 360 g/mol. The van der Waals surface area contributed by atoms with E-state index in [-0.39, 0.29) is 17.2 Å². The van der Waals surface area contributed by atoms with E-state index >= 15 is 0 Å². The van der Waals surface area contributed by atoms with Gasteiger partial charge in [0.15, 0.2) is 0 Å². The Hall–Kier alpha value is -2.45. The highest BCUT2D eigenvalue weighted by Crippen LogP contribution is 2.27. The second-order valence-electron chi connectivity index (χ2n) is 6.00. The standard InChI is InChI=1S/C17H20N4O3S/c1-11(22)21-6-4-20(5-7-21)9-16-19-14(10-25-16)12-2-3-15(23)13(8-12)17(18)24/h2-3,8,10,23H,4-7,9H2,1H3,(H2,18,24). The zero-order chi connectivity index (χ0) is 18.0. The lowest BCUT2D eigenvalue weighted by Crippen LogP contribution is -2.47. The Balaban J connectivity index is 1.68. The molecule has 0 unspecified atom stereocenters. The maximum atomic E-state index is 11.4. The summed E-state index contributed by atoms with van der Waals surface area (Å²) in [4.78, 5) is 31.5. The molecule has 1 aliphatic heterocycles. The van der Waals surface area contributed by atoms with Crippen molar-refractivity contribution in [3.63, 3.8) is 0 Å². The molecular weight excluding hydrogens is 340 g/mol. The molecule has 3 rings (SSSR count). The number of nitrogens with zero attached hydrogens (tertiary/aromatic N) is 3. The lowest BCUT2D eigenvalue weighted by atomic mass is 10.1. The molecule has 7 nitrogen and oxygen atoms in total. The second kappa shape index (κ2) is 7.20. The fourth-order valence-corrected chi connectivity index (χ4v) is 3.67. The van der Waals surface area contributed by atoms with E-state index in [1.807, 2.05) is 10.3 Å². The Morgan fingerprint density at radius 1 is 1.28 bits per heavy atom. The number of rotatable bonds is 4. The first-order valence-corrected chi connectivity index (χ1v) is 8.87. The number of carbonyl (C=O) groups is 2. The number of nitrogens with two attached hydrogens (primary N) is 1. The molecule has 1 fully saturated rings. The Labute approximate surface area is 149 Å². The summed E-state index contributed by atoms with van der Waals surface area (Å²) in [6.07, 6.45) is 0. The van der Waals surface area contributed by atoms with Gasteiger partial charge in [0.1, 0.15) is 10.8 Å². The van der Waals surface area contributed by atoms with Crippen molar-refractivity contribution < 1.29 is 14.7 Å². The molecule has 0 atom stereocenters. The molecule has 2 aromatic rings. The van der Waals surface area contributed by atoms with Gasteiger partial charge in [0.25, 0.3) is 5.91 Å². The maximum absolute atomic E-state index is 11.4. The van der Waals surface area contributed by atoms with E-state index in [4.69, 9.17) is 5.73 Å². The summed E-state index contributed by atoms with van der Waals surface area (Å²) in [6, 6.07) is 4.73. The van der Waals surface area contributed by atoms with Crippen molar-refractivity contribution in [2.45, 2.75) is 13.5 Å². The van der Waals surface area contributed by atoms with Crippen LogP contribution in [0.1, 0.15) is 22.3 Å². The van der Waals surface area contributed by atoms with E-state index in [9.17, 15) is 14.7 Å². The molecule has 0 bridgehead atoms. The molecule has 0 spiro atoms. The topological polar surface area (TPSA) is 99.8 Å². The molecule has 3 N–H and O–H groups in total. The Morgan fingerprint density at radius 2 is 2.00 bits per heavy atom. The van der Waals surface area contributed by atoms with Crippen molar-refractivity contribution in [2.75, 3.05) is 26.2 Å². The Morgan fingerprint density at radius 3 is 2.64 bits per heavy atom. The molecule has 8 heteroatoms. The minimum Gasteiger partial charge on any atom is -0.507 e. The van der Waals surface area contributed by atoms with Crippen LogP contribution in [0, 0.1) is 0 Å². The first-order chi connectivity index (χ1) is 11.9. The highest BCUT2D eigenvalue weighted by Gasteiger charge is 2.19. The van der Waals surface area contributed by atoms with Crippen LogP contribution in [-0.4, -0.2) is 57.9 Å². The number of thiazole rings is 1. The van der Waals surface area contributed by atoms with E-state index in [1.165, 1.54) is 6.07 Å². The van der Waals surface area contributed by atoms with E-state index in [1.54, 1.807) is 30.4 Å². The lowest BCUT2D eigenvalue weighted by Gasteiger charge is -2.33. The smallest absolute Gasteiger partial charge is 0.252 e. The maximum Gasteiger partial charge on any atom is 0.252 e. The number of phenols is 1. The minimum absolute atomic E-state index is 0.0902. The van der Waals surface area contributed by atoms with Crippen LogP contribution in [0.4, 0.5) is 0 Å². The van der Waals surface area contributed by atoms with Gasteiger partial charge in [-0.3, -0.25) is 14.5 Å². The number of aromatic hydroxyl groups is 1. The Kier molecular flexibility index (Phi) is 5.00. The molecule has 25 heavy (non-hydrogen) atoms. The van der Waals surface area contributed by atoms with E-state index in [0.29, 0.717) is 0 Å². The van der Waals surface area contributed by atoms with Gasteiger partial charge >= 0.3 is 0 Å². The molecule has 2 amide bonds. The van der Waals surface area contributed by atoms with Gasteiger partial charge in [0.05, 0.1) is 17.8 Å². The number of hydrogen-bond acceptors (Lipinski definition) is 6. The van der Waals surface area contributed by atoms with E-state index in [0.717, 1.165) is 49.0 Å². The monoisotopic (exact) mass is 360 g/mol. The number of hydrogen-bond donors (Lipinski definition) is 2. The van der Waals surface area contributed by atoms with Gasteiger partial charge in [0.2, 0.25) is 5.91 Å². The SMILES string of the molecule is CC(=O)N1CCN(Cc2nc(-c3ccc(O)c(C(N)=O)c3)cs2)CC1. The number of benzene rings is 1. The van der Waals surface area contributed by atoms with Gasteiger partial charge < -0.3 is 15.7 Å². The molecule has 1 aromatic heterocycles. The first kappa shape index (κ1) is 17.4. The van der Waals surface area contributed by atoms with E-state index in [2.05, 4.69) is 9.88 Å². The number of carbonyl (C=O) groups excluding carboxylic acids is 2. The summed E-state index contributed by atoms with van der Waals surface area (Å²) < 4.78 is 0. The van der Waals surface area contributed by atoms with Gasteiger partial charge in [-0.05, 0) is 18.2 Å². The zero-order valence-corrected chi connectivity index (χ0v) is 14.8. The summed E-state index contributed by atoms with van der Waals surface area (Å²) in [5.74, 6) is -0.679. The molecule has 1 aliphatic rings. The molecule has 1 aromatic carbocycles. The summed E-state index contributed by atoms with van der Waals surface area (Å²) >= 11 is 1.55. The first-order valence-electron chi connectivity index (χ1n) is 7.99. The highest BCUT2D eigenvalue weighted by molar-refractivity contribution is 7.09. The molecule has 2 heterocycles. The predicted octanol–water partition coefficient (Wildman–Crippen LogP) is 1.28. The summed E-state index contributed by atoms with van der Waals surface area (Å²) in [5, 5.41) is 12.6. The molecule has 0 aliphatic carbocycles. The van der Waals surface area contributed by atoms with E-state index < -0.39 is 5.91 Å². The van der Waals surface area contributed by atoms with Crippen molar-refractivity contribution >= 4 is 23.2 Å². The highest BCUT2D eigenvalue weighted by atomic mass is 32.1. The van der Waals surface area contributed by atoms with Crippen molar-refractivity contribution in [2.24, 2.45) is 5.73 Å². The van der Waals surface area contributed by atoms with Crippen molar-refractivity contribution in [3.8, 4) is 17.0 Å². The molecule has 132 valence electrons. The van der Waals surface area contributed by atoms with Crippen LogP contribution in [0.5, 0.6) is 5.75 Å². The predicted molar refractivity (Wildman–Crippen MR) is 95.3 cm³/mol. The number of amides is 2. The van der Waals surface area contributed by atoms with Crippen LogP contribution in [0.15, 0.2) is 23.6 Å². The molecule has 0 radical (unpaired) electrons. The largest absolute Gasteiger partial charge is 0.507 e. The normalized spacial score (nSPS) is 15.3. The number of aromatic nitrogens is 1. The fraction of sp³-hybridized carbons (Fsp3) is 0.353. The third kappa shape index (κ3) is 3.97. The average Bonchev–Trinajstić information content (AvgIpc) is 3.04. The van der Waals surface area contributed by atoms with Crippen LogP contribution < -0.4 is 5.73 Å². The van der Waals surface area contributed by atoms with Gasteiger partial charge in [-0.1, -0.05) is 0 Å².